The molecule has 0 aliphatic carbocycles. The van der Waals surface area contributed by atoms with Crippen molar-refractivity contribution in [1.29, 1.82) is 0 Å². The largest absolute Gasteiger partial charge is 0.313 e. The molecule has 1 aliphatic rings. The zero-order valence-corrected chi connectivity index (χ0v) is 9.78. The zero-order chi connectivity index (χ0) is 10.1. The van der Waals surface area contributed by atoms with Crippen molar-refractivity contribution in [2.24, 2.45) is 0 Å². The number of likely N-dealkylation sites (tertiary alicyclic amines) is 1. The highest BCUT2D eigenvalue weighted by Gasteiger charge is 2.33. The maximum Gasteiger partial charge on any atom is 0.0278 e. The molecule has 2 heteroatoms. The zero-order valence-electron chi connectivity index (χ0n) is 9.78. The van der Waals surface area contributed by atoms with Gasteiger partial charge in [0.2, 0.25) is 0 Å². The lowest BCUT2D eigenvalue weighted by atomic mass is 9.88. The summed E-state index contributed by atoms with van der Waals surface area (Å²) in [5.41, 5.74) is 0.643. The van der Waals surface area contributed by atoms with Crippen molar-refractivity contribution in [2.75, 3.05) is 20.1 Å². The van der Waals surface area contributed by atoms with Crippen LogP contribution in [0.15, 0.2) is 0 Å². The first kappa shape index (κ1) is 11.0. The van der Waals surface area contributed by atoms with Crippen LogP contribution in [0.2, 0.25) is 0 Å². The van der Waals surface area contributed by atoms with E-state index in [1.54, 1.807) is 0 Å². The van der Waals surface area contributed by atoms with E-state index in [4.69, 9.17) is 0 Å². The van der Waals surface area contributed by atoms with Crippen molar-refractivity contribution < 1.29 is 0 Å². The summed E-state index contributed by atoms with van der Waals surface area (Å²) in [5.74, 6) is 0. The van der Waals surface area contributed by atoms with Gasteiger partial charge in [0.05, 0.1) is 0 Å². The topological polar surface area (TPSA) is 15.3 Å². The monoisotopic (exact) mass is 184 g/mol. The molecular formula is C11H24N2. The molecule has 0 amide bonds. The number of piperidine rings is 1. The Bertz CT molecular complexity index is 171. The van der Waals surface area contributed by atoms with Gasteiger partial charge in [-0.25, -0.2) is 0 Å². The molecule has 0 bridgehead atoms. The second kappa shape index (κ2) is 3.58. The first-order valence-electron chi connectivity index (χ1n) is 5.31. The predicted molar refractivity (Wildman–Crippen MR) is 58.0 cm³/mol. The Morgan fingerprint density at radius 2 is 1.92 bits per heavy atom. The SMILES string of the molecule is CNC1(C)CCCN(C(C)(C)C)C1. The van der Waals surface area contributed by atoms with Crippen LogP contribution in [0.25, 0.3) is 0 Å². The van der Waals surface area contributed by atoms with Gasteiger partial charge in [0.25, 0.3) is 0 Å². The Labute approximate surface area is 82.7 Å². The third kappa shape index (κ3) is 2.68. The van der Waals surface area contributed by atoms with E-state index < -0.39 is 0 Å². The van der Waals surface area contributed by atoms with Gasteiger partial charge in [-0.2, -0.15) is 0 Å². The molecule has 1 rings (SSSR count). The van der Waals surface area contributed by atoms with E-state index in [-0.39, 0.29) is 0 Å². The van der Waals surface area contributed by atoms with Crippen molar-refractivity contribution in [2.45, 2.75) is 51.6 Å². The van der Waals surface area contributed by atoms with Gasteiger partial charge in [0.15, 0.2) is 0 Å². The van der Waals surface area contributed by atoms with E-state index in [1.165, 1.54) is 25.9 Å². The highest BCUT2D eigenvalue weighted by atomic mass is 15.2. The van der Waals surface area contributed by atoms with Gasteiger partial charge >= 0.3 is 0 Å². The summed E-state index contributed by atoms with van der Waals surface area (Å²) in [5, 5.41) is 3.44. The van der Waals surface area contributed by atoms with Gasteiger partial charge in [0.1, 0.15) is 0 Å². The van der Waals surface area contributed by atoms with Crippen LogP contribution in [-0.2, 0) is 0 Å². The van der Waals surface area contributed by atoms with E-state index in [0.717, 1.165) is 0 Å². The maximum absolute atomic E-state index is 3.44. The Kier molecular flexibility index (Phi) is 3.03. The van der Waals surface area contributed by atoms with Crippen molar-refractivity contribution in [3.05, 3.63) is 0 Å². The van der Waals surface area contributed by atoms with Crippen LogP contribution in [-0.4, -0.2) is 36.1 Å². The molecule has 2 nitrogen and oxygen atoms in total. The minimum Gasteiger partial charge on any atom is -0.313 e. The molecule has 0 saturated carbocycles. The Morgan fingerprint density at radius 1 is 1.31 bits per heavy atom. The number of likely N-dealkylation sites (N-methyl/N-ethyl adjacent to an activating group) is 1. The molecule has 1 fully saturated rings. The van der Waals surface area contributed by atoms with Gasteiger partial charge in [-0.05, 0) is 54.1 Å². The summed E-state index contributed by atoms with van der Waals surface area (Å²) in [6.45, 7) is 11.6. The fourth-order valence-corrected chi connectivity index (χ4v) is 2.02. The van der Waals surface area contributed by atoms with Crippen LogP contribution in [0.1, 0.15) is 40.5 Å². The molecule has 0 spiro atoms. The number of rotatable bonds is 1. The second-order valence-electron chi connectivity index (χ2n) is 5.51. The molecule has 0 aromatic carbocycles. The Balaban J connectivity index is 2.62. The van der Waals surface area contributed by atoms with Crippen molar-refractivity contribution in [3.8, 4) is 0 Å². The number of nitrogens with one attached hydrogen (secondary N) is 1. The number of nitrogens with zero attached hydrogens (tertiary/aromatic N) is 1. The molecule has 1 heterocycles. The highest BCUT2D eigenvalue weighted by molar-refractivity contribution is 4.93. The average Bonchev–Trinajstić information content (AvgIpc) is 2.03. The van der Waals surface area contributed by atoms with Crippen LogP contribution in [0.3, 0.4) is 0 Å². The summed E-state index contributed by atoms with van der Waals surface area (Å²) in [4.78, 5) is 2.58. The summed E-state index contributed by atoms with van der Waals surface area (Å²) in [6.07, 6.45) is 2.62. The summed E-state index contributed by atoms with van der Waals surface area (Å²) in [7, 11) is 2.08. The lowest BCUT2D eigenvalue weighted by molar-refractivity contribution is 0.0596. The number of hydrogen-bond donors (Lipinski definition) is 1. The van der Waals surface area contributed by atoms with Gasteiger partial charge in [-0.15, -0.1) is 0 Å². The van der Waals surface area contributed by atoms with E-state index >= 15 is 0 Å². The fraction of sp³-hybridized carbons (Fsp3) is 1.00. The quantitative estimate of drug-likeness (QED) is 0.669. The van der Waals surface area contributed by atoms with Crippen molar-refractivity contribution >= 4 is 0 Å². The van der Waals surface area contributed by atoms with Crippen LogP contribution in [0.5, 0.6) is 0 Å². The lowest BCUT2D eigenvalue weighted by Gasteiger charge is -2.46. The molecule has 1 unspecified atom stereocenters. The smallest absolute Gasteiger partial charge is 0.0278 e. The maximum atomic E-state index is 3.44. The molecular weight excluding hydrogens is 160 g/mol. The van der Waals surface area contributed by atoms with Crippen LogP contribution in [0.4, 0.5) is 0 Å². The van der Waals surface area contributed by atoms with E-state index in [2.05, 4.69) is 45.0 Å². The third-order valence-electron chi connectivity index (χ3n) is 3.25. The molecule has 0 radical (unpaired) electrons. The van der Waals surface area contributed by atoms with E-state index in [1.807, 2.05) is 0 Å². The van der Waals surface area contributed by atoms with Gasteiger partial charge in [-0.1, -0.05) is 0 Å². The molecule has 1 N–H and O–H groups in total. The molecule has 0 aromatic rings. The van der Waals surface area contributed by atoms with E-state index in [9.17, 15) is 0 Å². The lowest BCUT2D eigenvalue weighted by Crippen LogP contribution is -2.58. The summed E-state index contributed by atoms with van der Waals surface area (Å²) < 4.78 is 0. The Morgan fingerprint density at radius 3 is 2.38 bits per heavy atom. The first-order chi connectivity index (χ1) is 5.87. The minimum atomic E-state index is 0.318. The third-order valence-corrected chi connectivity index (χ3v) is 3.25. The molecule has 0 aromatic heterocycles. The molecule has 1 aliphatic heterocycles. The first-order valence-corrected chi connectivity index (χ1v) is 5.31. The summed E-state index contributed by atoms with van der Waals surface area (Å²) in [6, 6.07) is 0. The minimum absolute atomic E-state index is 0.318. The predicted octanol–water partition coefficient (Wildman–Crippen LogP) is 1.86. The van der Waals surface area contributed by atoms with Crippen molar-refractivity contribution in [1.82, 2.24) is 10.2 Å². The fourth-order valence-electron chi connectivity index (χ4n) is 2.02. The van der Waals surface area contributed by atoms with Gasteiger partial charge in [0, 0.05) is 17.6 Å². The molecule has 1 atom stereocenters. The second-order valence-corrected chi connectivity index (χ2v) is 5.51. The van der Waals surface area contributed by atoms with Crippen LogP contribution in [0, 0.1) is 0 Å². The standard InChI is InChI=1S/C11H24N2/c1-10(2,3)13-8-6-7-11(4,9-13)12-5/h12H,6-9H2,1-5H3. The summed E-state index contributed by atoms with van der Waals surface area (Å²) >= 11 is 0. The van der Waals surface area contributed by atoms with E-state index in [0.29, 0.717) is 11.1 Å². The van der Waals surface area contributed by atoms with Crippen LogP contribution < -0.4 is 5.32 Å². The van der Waals surface area contributed by atoms with Gasteiger partial charge in [-0.3, -0.25) is 4.90 Å². The van der Waals surface area contributed by atoms with Gasteiger partial charge < -0.3 is 5.32 Å². The average molecular weight is 184 g/mol. The molecule has 78 valence electrons. The molecule has 1 saturated heterocycles. The highest BCUT2D eigenvalue weighted by Crippen LogP contribution is 2.25. The van der Waals surface area contributed by atoms with Crippen LogP contribution >= 0.6 is 0 Å². The van der Waals surface area contributed by atoms with Crippen molar-refractivity contribution in [3.63, 3.8) is 0 Å². The normalized spacial score (nSPS) is 32.1. The number of hydrogen-bond acceptors (Lipinski definition) is 2. The molecule has 13 heavy (non-hydrogen) atoms. The Hall–Kier alpha value is -0.0800.